The smallest absolute Gasteiger partial charge is 0.127 e. The lowest BCUT2D eigenvalue weighted by atomic mass is 10.2. The molecule has 0 amide bonds. The minimum Gasteiger partial charge on any atom is -0.497 e. The van der Waals surface area contributed by atoms with Crippen LogP contribution in [0.25, 0.3) is 0 Å². The van der Waals surface area contributed by atoms with Crippen LogP contribution in [0.15, 0.2) is 36.5 Å². The monoisotopic (exact) mass is 259 g/mol. The lowest BCUT2D eigenvalue weighted by Crippen LogP contribution is -2.14. The van der Waals surface area contributed by atoms with E-state index >= 15 is 0 Å². The summed E-state index contributed by atoms with van der Waals surface area (Å²) in [5, 5.41) is 11.2. The van der Waals surface area contributed by atoms with E-state index < -0.39 is 0 Å². The number of nitrogens with one attached hydrogen (secondary N) is 1. The molecule has 19 heavy (non-hydrogen) atoms. The van der Waals surface area contributed by atoms with Gasteiger partial charge in [0.25, 0.3) is 0 Å². The molecular weight excluding hydrogens is 242 g/mol. The van der Waals surface area contributed by atoms with Crippen molar-refractivity contribution in [1.82, 2.24) is 15.5 Å². The van der Waals surface area contributed by atoms with Crippen LogP contribution >= 0.6 is 0 Å². The minimum atomic E-state index is 0.670. The third-order valence-electron chi connectivity index (χ3n) is 2.74. The van der Waals surface area contributed by atoms with Crippen molar-refractivity contribution in [3.8, 4) is 11.5 Å². The van der Waals surface area contributed by atoms with E-state index in [1.165, 1.54) is 0 Å². The molecule has 2 rings (SSSR count). The Labute approximate surface area is 112 Å². The van der Waals surface area contributed by atoms with E-state index in [0.717, 1.165) is 22.8 Å². The topological polar surface area (TPSA) is 56.3 Å². The molecule has 1 heterocycles. The minimum absolute atomic E-state index is 0.670. The fraction of sp³-hybridized carbons (Fsp3) is 0.286. The summed E-state index contributed by atoms with van der Waals surface area (Å²) in [6, 6.07) is 9.59. The molecule has 1 aromatic heterocycles. The first-order valence-electron chi connectivity index (χ1n) is 6.01. The van der Waals surface area contributed by atoms with Crippen molar-refractivity contribution in [2.24, 2.45) is 0 Å². The molecule has 0 saturated carbocycles. The summed E-state index contributed by atoms with van der Waals surface area (Å²) >= 11 is 0. The van der Waals surface area contributed by atoms with Crippen LogP contribution in [0.4, 0.5) is 0 Å². The third-order valence-corrected chi connectivity index (χ3v) is 2.74. The van der Waals surface area contributed by atoms with Crippen molar-refractivity contribution in [2.45, 2.75) is 13.1 Å². The fourth-order valence-corrected chi connectivity index (χ4v) is 1.75. The molecule has 0 unspecified atom stereocenters. The highest BCUT2D eigenvalue weighted by atomic mass is 16.5. The third kappa shape index (κ3) is 3.66. The van der Waals surface area contributed by atoms with Gasteiger partial charge in [0, 0.05) is 30.9 Å². The van der Waals surface area contributed by atoms with Gasteiger partial charge in [-0.25, -0.2) is 0 Å². The van der Waals surface area contributed by atoms with Crippen molar-refractivity contribution in [2.75, 3.05) is 14.2 Å². The second-order valence-corrected chi connectivity index (χ2v) is 4.00. The largest absolute Gasteiger partial charge is 0.497 e. The lowest BCUT2D eigenvalue weighted by molar-refractivity contribution is 0.389. The Balaban J connectivity index is 1.96. The van der Waals surface area contributed by atoms with Crippen LogP contribution in [0.1, 0.15) is 11.3 Å². The Bertz CT molecular complexity index is 517. The average Bonchev–Trinajstić information content (AvgIpc) is 2.48. The van der Waals surface area contributed by atoms with Gasteiger partial charge in [0.1, 0.15) is 11.5 Å². The number of methoxy groups -OCH3 is 2. The lowest BCUT2D eigenvalue weighted by Gasteiger charge is -2.11. The molecule has 0 bridgehead atoms. The van der Waals surface area contributed by atoms with E-state index in [9.17, 15) is 0 Å². The van der Waals surface area contributed by atoms with E-state index in [4.69, 9.17) is 9.47 Å². The van der Waals surface area contributed by atoms with E-state index in [1.807, 2.05) is 30.3 Å². The second-order valence-electron chi connectivity index (χ2n) is 4.00. The molecule has 0 atom stereocenters. The second kappa shape index (κ2) is 6.70. The fourth-order valence-electron chi connectivity index (χ4n) is 1.75. The first-order chi connectivity index (χ1) is 9.33. The van der Waals surface area contributed by atoms with Crippen LogP contribution < -0.4 is 14.8 Å². The summed E-state index contributed by atoms with van der Waals surface area (Å²) in [5.41, 5.74) is 1.99. The van der Waals surface area contributed by atoms with Crippen LogP contribution in [0.2, 0.25) is 0 Å². The molecule has 5 heteroatoms. The normalized spacial score (nSPS) is 10.2. The Morgan fingerprint density at radius 2 is 2.00 bits per heavy atom. The van der Waals surface area contributed by atoms with Crippen LogP contribution in [0.3, 0.4) is 0 Å². The summed E-state index contributed by atoms with van der Waals surface area (Å²) in [6.45, 7) is 1.37. The summed E-state index contributed by atoms with van der Waals surface area (Å²) in [6.07, 6.45) is 1.66. The van der Waals surface area contributed by atoms with Gasteiger partial charge >= 0.3 is 0 Å². The molecular formula is C14H17N3O2. The standard InChI is InChI=1S/C14H17N3O2/c1-18-13-6-5-11(14(8-13)19-2)9-15-10-12-4-3-7-16-17-12/h3-8,15H,9-10H2,1-2H3. The maximum atomic E-state index is 5.34. The van der Waals surface area contributed by atoms with E-state index in [1.54, 1.807) is 20.4 Å². The van der Waals surface area contributed by atoms with Gasteiger partial charge in [-0.1, -0.05) is 6.07 Å². The van der Waals surface area contributed by atoms with Crippen molar-refractivity contribution in [1.29, 1.82) is 0 Å². The molecule has 5 nitrogen and oxygen atoms in total. The van der Waals surface area contributed by atoms with Crippen molar-refractivity contribution < 1.29 is 9.47 Å². The summed E-state index contributed by atoms with van der Waals surface area (Å²) in [5.74, 6) is 1.60. The predicted octanol–water partition coefficient (Wildman–Crippen LogP) is 1.78. The highest BCUT2D eigenvalue weighted by molar-refractivity contribution is 5.40. The molecule has 2 aromatic rings. The predicted molar refractivity (Wildman–Crippen MR) is 72.1 cm³/mol. The van der Waals surface area contributed by atoms with Crippen molar-refractivity contribution in [3.63, 3.8) is 0 Å². The number of nitrogens with zero attached hydrogens (tertiary/aromatic N) is 2. The molecule has 0 spiro atoms. The van der Waals surface area contributed by atoms with Crippen LogP contribution in [-0.4, -0.2) is 24.4 Å². The summed E-state index contributed by atoms with van der Waals surface area (Å²) < 4.78 is 10.5. The number of hydrogen-bond donors (Lipinski definition) is 1. The van der Waals surface area contributed by atoms with Gasteiger partial charge in [0.2, 0.25) is 0 Å². The van der Waals surface area contributed by atoms with Gasteiger partial charge in [0.05, 0.1) is 19.9 Å². The quantitative estimate of drug-likeness (QED) is 0.857. The van der Waals surface area contributed by atoms with Gasteiger partial charge < -0.3 is 14.8 Å². The molecule has 100 valence electrons. The Morgan fingerprint density at radius 3 is 2.68 bits per heavy atom. The van der Waals surface area contributed by atoms with Crippen molar-refractivity contribution in [3.05, 3.63) is 47.8 Å². The van der Waals surface area contributed by atoms with Crippen LogP contribution in [0.5, 0.6) is 11.5 Å². The molecule has 1 N–H and O–H groups in total. The maximum Gasteiger partial charge on any atom is 0.127 e. The maximum absolute atomic E-state index is 5.34. The van der Waals surface area contributed by atoms with E-state index in [2.05, 4.69) is 15.5 Å². The number of rotatable bonds is 6. The van der Waals surface area contributed by atoms with Gasteiger partial charge in [-0.2, -0.15) is 10.2 Å². The molecule has 0 aliphatic carbocycles. The highest BCUT2D eigenvalue weighted by Crippen LogP contribution is 2.24. The number of aromatic nitrogens is 2. The zero-order valence-corrected chi connectivity index (χ0v) is 11.1. The van der Waals surface area contributed by atoms with Gasteiger partial charge in [-0.15, -0.1) is 0 Å². The van der Waals surface area contributed by atoms with Crippen LogP contribution in [0, 0.1) is 0 Å². The average molecular weight is 259 g/mol. The zero-order valence-electron chi connectivity index (χ0n) is 11.1. The first-order valence-corrected chi connectivity index (χ1v) is 6.01. The first kappa shape index (κ1) is 13.3. The zero-order chi connectivity index (χ0) is 13.5. The van der Waals surface area contributed by atoms with Gasteiger partial charge in [0.15, 0.2) is 0 Å². The van der Waals surface area contributed by atoms with Gasteiger partial charge in [-0.05, 0) is 18.2 Å². The Morgan fingerprint density at radius 1 is 1.11 bits per heavy atom. The number of ether oxygens (including phenoxy) is 2. The molecule has 0 saturated heterocycles. The number of benzene rings is 1. The summed E-state index contributed by atoms with van der Waals surface area (Å²) in [4.78, 5) is 0. The highest BCUT2D eigenvalue weighted by Gasteiger charge is 2.04. The van der Waals surface area contributed by atoms with Crippen molar-refractivity contribution >= 4 is 0 Å². The van der Waals surface area contributed by atoms with E-state index in [0.29, 0.717) is 13.1 Å². The van der Waals surface area contributed by atoms with E-state index in [-0.39, 0.29) is 0 Å². The van der Waals surface area contributed by atoms with Gasteiger partial charge in [-0.3, -0.25) is 0 Å². The molecule has 1 aromatic carbocycles. The molecule has 0 fully saturated rings. The van der Waals surface area contributed by atoms with Crippen LogP contribution in [-0.2, 0) is 13.1 Å². The summed E-state index contributed by atoms with van der Waals surface area (Å²) in [7, 11) is 3.29. The molecule has 0 aliphatic heterocycles. The molecule has 0 aliphatic rings. The molecule has 0 radical (unpaired) electrons. The number of hydrogen-bond acceptors (Lipinski definition) is 5. The Hall–Kier alpha value is -2.14. The Kier molecular flexibility index (Phi) is 4.69. The SMILES string of the molecule is COc1ccc(CNCc2cccnn2)c(OC)c1.